The summed E-state index contributed by atoms with van der Waals surface area (Å²) in [5, 5.41) is 19.0. The molecule has 0 aliphatic heterocycles. The number of rotatable bonds is 1. The van der Waals surface area contributed by atoms with Gasteiger partial charge in [-0.25, -0.2) is 0 Å². The molecule has 0 radical (unpaired) electrons. The summed E-state index contributed by atoms with van der Waals surface area (Å²) < 4.78 is 0. The van der Waals surface area contributed by atoms with Crippen LogP contribution in [0.5, 0.6) is 0 Å². The predicted octanol–water partition coefficient (Wildman–Crippen LogP) is 2.61. The van der Waals surface area contributed by atoms with Crippen molar-refractivity contribution in [3.63, 3.8) is 0 Å². The first-order valence-corrected chi connectivity index (χ1v) is 6.05. The molecule has 2 aromatic carbocycles. The van der Waals surface area contributed by atoms with Crippen LogP contribution in [0.1, 0.15) is 28.2 Å². The van der Waals surface area contributed by atoms with Gasteiger partial charge in [-0.2, -0.15) is 5.26 Å². The van der Waals surface area contributed by atoms with Crippen molar-refractivity contribution >= 4 is 0 Å². The van der Waals surface area contributed by atoms with Gasteiger partial charge in [0.1, 0.15) is 0 Å². The van der Waals surface area contributed by atoms with E-state index in [0.717, 1.165) is 5.56 Å². The maximum Gasteiger partial charge on any atom is 0.0991 e. The lowest BCUT2D eigenvalue weighted by Crippen LogP contribution is -2.14. The van der Waals surface area contributed by atoms with Crippen LogP contribution >= 0.6 is 0 Å². The molecule has 1 aliphatic rings. The fourth-order valence-corrected chi connectivity index (χ4v) is 2.74. The zero-order valence-corrected chi connectivity index (χ0v) is 9.88. The summed E-state index contributed by atoms with van der Waals surface area (Å²) in [5.74, 6) is 0.0361. The van der Waals surface area contributed by atoms with Gasteiger partial charge in [-0.15, -0.1) is 0 Å². The normalized spacial score (nSPS) is 21.3. The third kappa shape index (κ3) is 1.70. The number of nitriles is 1. The van der Waals surface area contributed by atoms with E-state index in [1.54, 1.807) is 0 Å². The van der Waals surface area contributed by atoms with E-state index < -0.39 is 0 Å². The lowest BCUT2D eigenvalue weighted by atomic mass is 9.91. The van der Waals surface area contributed by atoms with Gasteiger partial charge in [0.05, 0.1) is 17.7 Å². The first-order chi connectivity index (χ1) is 8.79. The van der Waals surface area contributed by atoms with E-state index in [2.05, 4.69) is 18.2 Å². The van der Waals surface area contributed by atoms with E-state index in [1.165, 1.54) is 11.1 Å². The number of nitrogens with zero attached hydrogens (tertiary/aromatic N) is 1. The van der Waals surface area contributed by atoms with Gasteiger partial charge in [0, 0.05) is 5.92 Å². The van der Waals surface area contributed by atoms with Crippen LogP contribution in [0, 0.1) is 11.3 Å². The highest BCUT2D eigenvalue weighted by Crippen LogP contribution is 2.38. The van der Waals surface area contributed by atoms with Crippen LogP contribution in [-0.2, 0) is 6.42 Å². The molecular weight excluding hydrogens is 222 g/mol. The molecule has 0 heterocycles. The SMILES string of the molecule is N#Cc1ccc([C@@H]2c3ccccc3C[C@@H]2O)cc1. The van der Waals surface area contributed by atoms with Crippen LogP contribution in [0.15, 0.2) is 48.5 Å². The maximum absolute atomic E-state index is 10.2. The number of benzene rings is 2. The molecule has 0 saturated heterocycles. The number of aliphatic hydroxyl groups excluding tert-OH is 1. The van der Waals surface area contributed by atoms with E-state index in [9.17, 15) is 5.11 Å². The molecule has 2 aromatic rings. The minimum absolute atomic E-state index is 0.0361. The number of hydrogen-bond acceptors (Lipinski definition) is 2. The fraction of sp³-hybridized carbons (Fsp3) is 0.188. The Morgan fingerprint density at radius 2 is 1.78 bits per heavy atom. The zero-order chi connectivity index (χ0) is 12.5. The maximum atomic E-state index is 10.2. The predicted molar refractivity (Wildman–Crippen MR) is 69.2 cm³/mol. The molecule has 0 spiro atoms. The van der Waals surface area contributed by atoms with E-state index in [0.29, 0.717) is 12.0 Å². The molecule has 2 heteroatoms. The zero-order valence-electron chi connectivity index (χ0n) is 9.88. The molecule has 0 fully saturated rings. The molecule has 0 unspecified atom stereocenters. The summed E-state index contributed by atoms with van der Waals surface area (Å²) in [6.45, 7) is 0. The second-order valence-electron chi connectivity index (χ2n) is 4.68. The first kappa shape index (κ1) is 11.0. The van der Waals surface area contributed by atoms with Crippen LogP contribution in [0.3, 0.4) is 0 Å². The number of aliphatic hydroxyl groups is 1. The van der Waals surface area contributed by atoms with Gasteiger partial charge >= 0.3 is 0 Å². The van der Waals surface area contributed by atoms with Crippen molar-refractivity contribution in [1.29, 1.82) is 5.26 Å². The van der Waals surface area contributed by atoms with Crippen molar-refractivity contribution in [2.24, 2.45) is 0 Å². The van der Waals surface area contributed by atoms with Gasteiger partial charge < -0.3 is 5.11 Å². The highest BCUT2D eigenvalue weighted by atomic mass is 16.3. The third-order valence-electron chi connectivity index (χ3n) is 3.60. The molecule has 1 N–H and O–H groups in total. The molecule has 0 aromatic heterocycles. The van der Waals surface area contributed by atoms with Gasteiger partial charge in [0.15, 0.2) is 0 Å². The van der Waals surface area contributed by atoms with Gasteiger partial charge in [-0.3, -0.25) is 0 Å². The van der Waals surface area contributed by atoms with Crippen molar-refractivity contribution in [2.45, 2.75) is 18.4 Å². The molecule has 2 atom stereocenters. The number of fused-ring (bicyclic) bond motifs is 1. The van der Waals surface area contributed by atoms with Crippen LogP contribution in [0.25, 0.3) is 0 Å². The van der Waals surface area contributed by atoms with E-state index in [1.807, 2.05) is 36.4 Å². The average Bonchev–Trinajstić information content (AvgIpc) is 2.75. The minimum Gasteiger partial charge on any atom is -0.392 e. The Balaban J connectivity index is 2.04. The second kappa shape index (κ2) is 4.29. The molecule has 1 aliphatic carbocycles. The Morgan fingerprint density at radius 3 is 2.50 bits per heavy atom. The molecule has 0 amide bonds. The Bertz CT molecular complexity index is 610. The lowest BCUT2D eigenvalue weighted by molar-refractivity contribution is 0.169. The van der Waals surface area contributed by atoms with Gasteiger partial charge in [-0.1, -0.05) is 36.4 Å². The lowest BCUT2D eigenvalue weighted by Gasteiger charge is -2.16. The Hall–Kier alpha value is -2.11. The van der Waals surface area contributed by atoms with E-state index in [-0.39, 0.29) is 12.0 Å². The monoisotopic (exact) mass is 235 g/mol. The van der Waals surface area contributed by atoms with Gasteiger partial charge in [0.2, 0.25) is 0 Å². The largest absolute Gasteiger partial charge is 0.392 e. The molecule has 88 valence electrons. The Labute approximate surface area is 106 Å². The third-order valence-corrected chi connectivity index (χ3v) is 3.60. The molecular formula is C16H13NO. The van der Waals surface area contributed by atoms with Crippen molar-refractivity contribution in [3.05, 3.63) is 70.8 Å². The first-order valence-electron chi connectivity index (χ1n) is 6.05. The van der Waals surface area contributed by atoms with Crippen LogP contribution in [0.4, 0.5) is 0 Å². The molecule has 3 rings (SSSR count). The number of hydrogen-bond donors (Lipinski definition) is 1. The molecule has 0 bridgehead atoms. The van der Waals surface area contributed by atoms with Crippen molar-refractivity contribution in [1.82, 2.24) is 0 Å². The minimum atomic E-state index is -0.365. The summed E-state index contributed by atoms with van der Waals surface area (Å²) in [4.78, 5) is 0. The smallest absolute Gasteiger partial charge is 0.0991 e. The Kier molecular flexibility index (Phi) is 2.62. The molecule has 18 heavy (non-hydrogen) atoms. The Morgan fingerprint density at radius 1 is 1.06 bits per heavy atom. The summed E-state index contributed by atoms with van der Waals surface area (Å²) in [7, 11) is 0. The van der Waals surface area contributed by atoms with Crippen molar-refractivity contribution in [3.8, 4) is 6.07 Å². The van der Waals surface area contributed by atoms with Crippen molar-refractivity contribution in [2.75, 3.05) is 0 Å². The standard InChI is InChI=1S/C16H13NO/c17-10-11-5-7-12(8-6-11)16-14-4-2-1-3-13(14)9-15(16)18/h1-8,15-16,18H,9H2/t15-,16+/m0/s1. The van der Waals surface area contributed by atoms with Crippen LogP contribution in [0.2, 0.25) is 0 Å². The van der Waals surface area contributed by atoms with Crippen molar-refractivity contribution < 1.29 is 5.11 Å². The summed E-state index contributed by atoms with van der Waals surface area (Å²) in [5.41, 5.74) is 4.15. The molecule has 2 nitrogen and oxygen atoms in total. The topological polar surface area (TPSA) is 44.0 Å². The summed E-state index contributed by atoms with van der Waals surface area (Å²) >= 11 is 0. The van der Waals surface area contributed by atoms with Gasteiger partial charge in [-0.05, 0) is 35.2 Å². The highest BCUT2D eigenvalue weighted by molar-refractivity contribution is 5.45. The average molecular weight is 235 g/mol. The fourth-order valence-electron chi connectivity index (χ4n) is 2.74. The second-order valence-corrected chi connectivity index (χ2v) is 4.68. The van der Waals surface area contributed by atoms with E-state index >= 15 is 0 Å². The molecule has 0 saturated carbocycles. The van der Waals surface area contributed by atoms with Gasteiger partial charge in [0.25, 0.3) is 0 Å². The summed E-state index contributed by atoms with van der Waals surface area (Å²) in [6.07, 6.45) is 0.344. The van der Waals surface area contributed by atoms with Crippen LogP contribution < -0.4 is 0 Å². The highest BCUT2D eigenvalue weighted by Gasteiger charge is 2.31. The van der Waals surface area contributed by atoms with E-state index in [4.69, 9.17) is 5.26 Å². The summed E-state index contributed by atoms with van der Waals surface area (Å²) in [6, 6.07) is 17.8. The van der Waals surface area contributed by atoms with Crippen LogP contribution in [-0.4, -0.2) is 11.2 Å². The quantitative estimate of drug-likeness (QED) is 0.825.